The Morgan fingerprint density at radius 3 is 1.57 bits per heavy atom. The minimum absolute atomic E-state index is 0.0805. The van der Waals surface area contributed by atoms with Gasteiger partial charge in [0.2, 0.25) is 11.8 Å². The lowest BCUT2D eigenvalue weighted by atomic mass is 10.0. The highest BCUT2D eigenvalue weighted by molar-refractivity contribution is 5.84. The van der Waals surface area contributed by atoms with Crippen LogP contribution in [0.4, 0.5) is 0 Å². The SMILES string of the molecule is CN(C)[C@@H](C(=O)N1CCC[C@H]1c1ncc(-c2ccc(C#Cc3ccc(-c4cnc([C@@H]5CCCN5C(=O)[C@H](N)c5ccccc5)[nH]4)cc3)cc2)[nH]1)c1ccccc1. The molecule has 0 spiro atoms. The maximum absolute atomic E-state index is 13.9. The number of likely N-dealkylation sites (N-methyl/N-ethyl adjacent to an activating group) is 1. The number of H-pyrrole nitrogens is 2. The maximum atomic E-state index is 13.9. The van der Waals surface area contributed by atoms with Gasteiger partial charge in [0.1, 0.15) is 23.7 Å². The van der Waals surface area contributed by atoms with Crippen molar-refractivity contribution in [2.24, 2.45) is 5.73 Å². The van der Waals surface area contributed by atoms with E-state index in [2.05, 4.69) is 26.8 Å². The first-order valence-corrected chi connectivity index (χ1v) is 19.3. The Labute approximate surface area is 327 Å². The molecule has 0 unspecified atom stereocenters. The van der Waals surface area contributed by atoms with E-state index in [0.717, 1.165) is 82.1 Å². The van der Waals surface area contributed by atoms with Gasteiger partial charge in [-0.05, 0) is 86.3 Å². The molecule has 2 aromatic heterocycles. The molecule has 4 atom stereocenters. The third-order valence-electron chi connectivity index (χ3n) is 10.9. The van der Waals surface area contributed by atoms with Crippen LogP contribution in [-0.4, -0.2) is 73.6 Å². The molecule has 2 aliphatic heterocycles. The quantitative estimate of drug-likeness (QED) is 0.135. The number of aromatic amines is 2. The largest absolute Gasteiger partial charge is 0.340 e. The fraction of sp³-hybridized carbons (Fsp3) is 0.261. The zero-order valence-corrected chi connectivity index (χ0v) is 31.7. The van der Waals surface area contributed by atoms with E-state index in [1.165, 1.54) is 0 Å². The summed E-state index contributed by atoms with van der Waals surface area (Å²) < 4.78 is 0. The molecule has 0 aliphatic carbocycles. The zero-order valence-electron chi connectivity index (χ0n) is 31.7. The lowest BCUT2D eigenvalue weighted by Crippen LogP contribution is -2.40. The number of aromatic nitrogens is 4. The van der Waals surface area contributed by atoms with E-state index in [-0.39, 0.29) is 29.9 Å². The van der Waals surface area contributed by atoms with Crippen LogP contribution >= 0.6 is 0 Å². The molecule has 2 aliphatic rings. The topological polar surface area (TPSA) is 127 Å². The predicted octanol–water partition coefficient (Wildman–Crippen LogP) is 7.20. The average Bonchev–Trinajstić information content (AvgIpc) is 4.08. The van der Waals surface area contributed by atoms with Crippen molar-refractivity contribution in [3.63, 3.8) is 0 Å². The third-order valence-corrected chi connectivity index (χ3v) is 10.9. The van der Waals surface area contributed by atoms with E-state index in [0.29, 0.717) is 13.1 Å². The highest BCUT2D eigenvalue weighted by Crippen LogP contribution is 2.36. The number of carbonyl (C=O) groups is 2. The molecule has 56 heavy (non-hydrogen) atoms. The molecule has 2 amide bonds. The number of rotatable bonds is 9. The van der Waals surface area contributed by atoms with Crippen molar-refractivity contribution < 1.29 is 9.59 Å². The number of nitrogens with two attached hydrogens (primary N) is 1. The normalized spacial score (nSPS) is 17.8. The summed E-state index contributed by atoms with van der Waals surface area (Å²) >= 11 is 0. The van der Waals surface area contributed by atoms with E-state index < -0.39 is 6.04 Å². The summed E-state index contributed by atoms with van der Waals surface area (Å²) in [4.78, 5) is 49.5. The van der Waals surface area contributed by atoms with E-state index in [1.807, 2.05) is 150 Å². The minimum atomic E-state index is -0.697. The van der Waals surface area contributed by atoms with Gasteiger partial charge in [0.15, 0.2) is 0 Å². The molecule has 4 heterocycles. The van der Waals surface area contributed by atoms with Gasteiger partial charge in [0.25, 0.3) is 0 Å². The van der Waals surface area contributed by atoms with E-state index in [1.54, 1.807) is 0 Å². The lowest BCUT2D eigenvalue weighted by molar-refractivity contribution is -0.137. The van der Waals surface area contributed by atoms with E-state index in [9.17, 15) is 9.59 Å². The van der Waals surface area contributed by atoms with Gasteiger partial charge >= 0.3 is 0 Å². The number of nitrogens with zero attached hydrogens (tertiary/aromatic N) is 5. The Morgan fingerprint density at radius 2 is 1.11 bits per heavy atom. The molecule has 2 fully saturated rings. The van der Waals surface area contributed by atoms with Crippen LogP contribution in [-0.2, 0) is 9.59 Å². The molecule has 8 rings (SSSR count). The lowest BCUT2D eigenvalue weighted by Gasteiger charge is -2.31. The van der Waals surface area contributed by atoms with Gasteiger partial charge in [-0.15, -0.1) is 0 Å². The van der Waals surface area contributed by atoms with Crippen LogP contribution < -0.4 is 5.73 Å². The third kappa shape index (κ3) is 7.65. The smallest absolute Gasteiger partial charge is 0.245 e. The summed E-state index contributed by atoms with van der Waals surface area (Å²) in [5.74, 6) is 8.18. The molecule has 0 radical (unpaired) electrons. The van der Waals surface area contributed by atoms with Crippen molar-refractivity contribution in [2.75, 3.05) is 27.2 Å². The molecule has 4 N–H and O–H groups in total. The number of nitrogens with one attached hydrogen (secondary N) is 2. The van der Waals surface area contributed by atoms with Gasteiger partial charge < -0.3 is 25.5 Å². The number of likely N-dealkylation sites (tertiary alicyclic amines) is 2. The Morgan fingerprint density at radius 1 is 0.661 bits per heavy atom. The molecule has 0 saturated carbocycles. The Bertz CT molecular complexity index is 2340. The summed E-state index contributed by atoms with van der Waals surface area (Å²) in [6.45, 7) is 1.38. The van der Waals surface area contributed by atoms with Gasteiger partial charge in [-0.25, -0.2) is 9.97 Å². The summed E-state index contributed by atoms with van der Waals surface area (Å²) in [6.07, 6.45) is 7.24. The van der Waals surface area contributed by atoms with Crippen LogP contribution in [0, 0.1) is 11.8 Å². The second kappa shape index (κ2) is 16.2. The average molecular weight is 743 g/mol. The second-order valence-corrected chi connectivity index (χ2v) is 14.8. The Balaban J connectivity index is 0.897. The standard InChI is InChI=1S/C46H46N8O2/c1-52(2)42(36-13-7-4-8-14-36)46(56)54-28-10-16-40(54)44-49-30-38(51-44)34-25-21-32(22-26-34)18-17-31-19-23-33(24-20-31)37-29-48-43(50-37)39-15-9-27-53(39)45(55)41(47)35-11-5-3-6-12-35/h3-8,11-14,19-26,29-30,39-42H,9-10,15-16,27-28,47H2,1-2H3,(H,48,50)(H,49,51)/t39-,40-,41+,42+/m0/s1. The van der Waals surface area contributed by atoms with Gasteiger partial charge in [0, 0.05) is 24.2 Å². The van der Waals surface area contributed by atoms with Crippen molar-refractivity contribution in [2.45, 2.75) is 49.9 Å². The van der Waals surface area contributed by atoms with E-state index in [4.69, 9.17) is 10.7 Å². The summed E-state index contributed by atoms with van der Waals surface area (Å²) in [5.41, 5.74) is 13.8. The summed E-state index contributed by atoms with van der Waals surface area (Å²) in [7, 11) is 3.91. The predicted molar refractivity (Wildman–Crippen MR) is 218 cm³/mol. The molecule has 10 nitrogen and oxygen atoms in total. The van der Waals surface area contributed by atoms with Gasteiger partial charge in [-0.3, -0.25) is 14.5 Å². The van der Waals surface area contributed by atoms with Crippen LogP contribution in [0.3, 0.4) is 0 Å². The molecular formula is C46H46N8O2. The van der Waals surface area contributed by atoms with Crippen molar-refractivity contribution in [3.05, 3.63) is 155 Å². The molecular weight excluding hydrogens is 697 g/mol. The molecule has 10 heteroatoms. The van der Waals surface area contributed by atoms with Gasteiger partial charge in [-0.1, -0.05) is 96.8 Å². The fourth-order valence-corrected chi connectivity index (χ4v) is 7.98. The van der Waals surface area contributed by atoms with Crippen molar-refractivity contribution in [1.29, 1.82) is 0 Å². The zero-order chi connectivity index (χ0) is 38.6. The number of benzene rings is 4. The molecule has 6 aromatic rings. The van der Waals surface area contributed by atoms with Crippen LogP contribution in [0.1, 0.15) is 83.8 Å². The Kier molecular flexibility index (Phi) is 10.6. The number of imidazole rings is 2. The highest BCUT2D eigenvalue weighted by atomic mass is 16.2. The van der Waals surface area contributed by atoms with Crippen molar-refractivity contribution in [1.82, 2.24) is 34.6 Å². The number of hydrogen-bond acceptors (Lipinski definition) is 6. The monoisotopic (exact) mass is 742 g/mol. The minimum Gasteiger partial charge on any atom is -0.340 e. The molecule has 2 saturated heterocycles. The summed E-state index contributed by atoms with van der Waals surface area (Å²) in [6, 6.07) is 34.4. The first-order valence-electron chi connectivity index (χ1n) is 19.3. The summed E-state index contributed by atoms with van der Waals surface area (Å²) in [5, 5.41) is 0. The van der Waals surface area contributed by atoms with Crippen molar-refractivity contribution in [3.8, 4) is 34.4 Å². The fourth-order valence-electron chi connectivity index (χ4n) is 7.98. The van der Waals surface area contributed by atoms with Crippen LogP contribution in [0.15, 0.2) is 122 Å². The van der Waals surface area contributed by atoms with E-state index >= 15 is 0 Å². The van der Waals surface area contributed by atoms with Gasteiger partial charge in [-0.2, -0.15) is 0 Å². The first kappa shape index (κ1) is 36.7. The first-order chi connectivity index (χ1) is 27.3. The highest BCUT2D eigenvalue weighted by Gasteiger charge is 2.37. The molecule has 282 valence electrons. The van der Waals surface area contributed by atoms with Gasteiger partial charge in [0.05, 0.1) is 35.9 Å². The number of hydrogen-bond donors (Lipinski definition) is 3. The number of amides is 2. The number of carbonyl (C=O) groups excluding carboxylic acids is 2. The maximum Gasteiger partial charge on any atom is 0.245 e. The van der Waals surface area contributed by atoms with Crippen molar-refractivity contribution >= 4 is 11.8 Å². The van der Waals surface area contributed by atoms with Crippen LogP contribution in [0.2, 0.25) is 0 Å². The van der Waals surface area contributed by atoms with Crippen LogP contribution in [0.25, 0.3) is 22.5 Å². The molecule has 0 bridgehead atoms. The van der Waals surface area contributed by atoms with Crippen LogP contribution in [0.5, 0.6) is 0 Å². The Hall–Kier alpha value is -6.28. The second-order valence-electron chi connectivity index (χ2n) is 14.8. The molecule has 4 aromatic carbocycles.